The molecule has 0 radical (unpaired) electrons. The zero-order chi connectivity index (χ0) is 92.8. The van der Waals surface area contributed by atoms with E-state index >= 15 is 0 Å². The first-order valence-electron chi connectivity index (χ1n) is 44.2. The number of phenols is 1. The minimum absolute atomic E-state index is 0.0403. The number of nitrogens with zero attached hydrogens (tertiary/aromatic N) is 17. The molecule has 4 aliphatic heterocycles. The summed E-state index contributed by atoms with van der Waals surface area (Å²) in [5.41, 5.74) is 18.0. The number of ether oxygens (including phenoxy) is 1. The number of ketones is 1. The van der Waals surface area contributed by atoms with Crippen molar-refractivity contribution in [3.8, 4) is 11.5 Å². The van der Waals surface area contributed by atoms with Gasteiger partial charge in [0.25, 0.3) is 0 Å². The summed E-state index contributed by atoms with van der Waals surface area (Å²) in [7, 11) is 6.93. The van der Waals surface area contributed by atoms with Crippen LogP contribution in [0.4, 0.5) is 40.9 Å². The van der Waals surface area contributed by atoms with Gasteiger partial charge in [-0.15, -0.1) is 0 Å². The van der Waals surface area contributed by atoms with Crippen LogP contribution in [-0.2, 0) is 95.0 Å². The maximum absolute atomic E-state index is 12.5. The Balaban J connectivity index is 0.000000149. The Labute approximate surface area is 766 Å². The number of anilines is 7. The number of aromatic nitrogens is 12. The molecule has 674 valence electrons. The number of methoxy groups -OCH3 is 1. The standard InChI is InChI=1S/C29H36N6O3.2C25H27N5O.C24H25N5O2/c1-4-34(5-2)18-23-8-6-21(7-9-23)12-15-26-31-27(20-35-19-24(36)16-28(35)37)33-29(32-26)30-17-22-10-13-25(38-3)14-11-22;2*1-16-5-9-19(10-6-16)14-22-27-23(15-20-13-18(3)30(4)24(20)31)29-25(28-22)26-21-11-7-17(2)8-12-21;1-15-4-8-19(9-5-15)25-24-27-21(13-17-6-10-20(30)11-7-17)26-22(28-24)14-18-12-16(2)29(3)23(18)31/h6-11,13-14H,4-5,12,15-20H2,1-3H3,(H,30,31,32,33);2*5-12,20H,3,13-15H2,1-2,4H3,(H,26,27,28,29);4-11,18,30H,2,12-14H2,1,3H3,(H,25,26,27,28). The normalized spacial score (nSPS) is 15.3. The average Bonchev–Trinajstić information content (AvgIpc) is 1.85. The number of carbonyl (C=O) groups is 5. The molecule has 4 saturated heterocycles. The van der Waals surface area contributed by atoms with Gasteiger partial charge in [-0.3, -0.25) is 28.9 Å². The van der Waals surface area contributed by atoms with Crippen molar-refractivity contribution in [3.63, 3.8) is 0 Å². The Morgan fingerprint density at radius 1 is 0.389 bits per heavy atom. The third kappa shape index (κ3) is 27.2. The Bertz CT molecular complexity index is 5390. The summed E-state index contributed by atoms with van der Waals surface area (Å²) in [5, 5.41) is 22.6. The lowest BCUT2D eigenvalue weighted by molar-refractivity contribution is -0.129. The van der Waals surface area contributed by atoms with Crippen molar-refractivity contribution in [2.24, 2.45) is 17.8 Å². The number of benzene rings is 8. The number of aromatic hydroxyl groups is 1. The lowest BCUT2D eigenvalue weighted by Crippen LogP contribution is -2.26. The van der Waals surface area contributed by atoms with Gasteiger partial charge in [0.15, 0.2) is 11.6 Å². The molecular formula is C103H115N21O7. The molecule has 8 heterocycles. The smallest absolute Gasteiger partial charge is 0.230 e. The lowest BCUT2D eigenvalue weighted by Gasteiger charge is -2.18. The van der Waals surface area contributed by atoms with E-state index in [9.17, 15) is 29.1 Å². The second-order valence-electron chi connectivity index (χ2n) is 33.8. The predicted molar refractivity (Wildman–Crippen MR) is 509 cm³/mol. The number of rotatable bonds is 31. The van der Waals surface area contributed by atoms with Crippen molar-refractivity contribution in [3.05, 3.63) is 339 Å². The fraction of sp³-hybridized carbons (Fsp3) is 0.311. The molecule has 8 aromatic carbocycles. The van der Waals surface area contributed by atoms with Crippen LogP contribution in [0.2, 0.25) is 0 Å². The van der Waals surface area contributed by atoms with Crippen LogP contribution in [0.5, 0.6) is 11.5 Å². The van der Waals surface area contributed by atoms with E-state index in [0.717, 1.165) is 88.2 Å². The van der Waals surface area contributed by atoms with Crippen LogP contribution >= 0.6 is 0 Å². The van der Waals surface area contributed by atoms with E-state index in [1.807, 2.05) is 130 Å². The van der Waals surface area contributed by atoms with E-state index in [1.165, 1.54) is 43.8 Å². The quantitative estimate of drug-likeness (QED) is 0.0252. The summed E-state index contributed by atoms with van der Waals surface area (Å²) in [6.45, 7) is 30.4. The van der Waals surface area contributed by atoms with Gasteiger partial charge in [-0.25, -0.2) is 19.9 Å². The fourth-order valence-corrected chi connectivity index (χ4v) is 15.3. The minimum Gasteiger partial charge on any atom is -0.508 e. The van der Waals surface area contributed by atoms with E-state index in [1.54, 1.807) is 55.1 Å². The molecule has 4 aliphatic rings. The van der Waals surface area contributed by atoms with Crippen molar-refractivity contribution in [1.82, 2.24) is 84.3 Å². The second-order valence-corrected chi connectivity index (χ2v) is 33.8. The Morgan fingerprint density at radius 3 is 1.07 bits per heavy atom. The van der Waals surface area contributed by atoms with Crippen molar-refractivity contribution >= 4 is 70.3 Å². The van der Waals surface area contributed by atoms with Crippen molar-refractivity contribution in [2.45, 2.75) is 145 Å². The maximum atomic E-state index is 12.5. The number of allylic oxidation sites excluding steroid dienone is 3. The van der Waals surface area contributed by atoms with Crippen molar-refractivity contribution in [1.29, 1.82) is 0 Å². The Kier molecular flexibility index (Phi) is 31.8. The summed E-state index contributed by atoms with van der Waals surface area (Å²) in [4.78, 5) is 126. The molecular weight excluding hydrogens is 1640 g/mol. The molecule has 4 amide bonds. The number of Topliss-reactive ketones (excluding diaryl/α,β-unsaturated/α-hetero) is 1. The first-order valence-corrected chi connectivity index (χ1v) is 44.2. The fourth-order valence-electron chi connectivity index (χ4n) is 15.3. The van der Waals surface area contributed by atoms with Gasteiger partial charge in [0.1, 0.15) is 52.3 Å². The summed E-state index contributed by atoms with van der Waals surface area (Å²) in [6, 6.07) is 64.2. The molecule has 28 heteroatoms. The molecule has 131 heavy (non-hydrogen) atoms. The van der Waals surface area contributed by atoms with Crippen LogP contribution in [0.25, 0.3) is 0 Å². The molecule has 12 aromatic rings. The molecule has 0 bridgehead atoms. The minimum atomic E-state index is -0.214. The van der Waals surface area contributed by atoms with Crippen LogP contribution in [-0.4, -0.2) is 167 Å². The SMILES string of the molecule is C=C1CC(Cc2nc(Cc3ccc(C)cc3)nc(Nc3ccc(C)cc3)n2)C(=O)N1C.C=C1CC(Cc2nc(Cc3ccc(C)cc3)nc(Nc3ccc(C)cc3)n2)C(=O)N1C.C=C1CC(Cc2nc(Cc3ccc(O)cc3)nc(Nc3ccc(C)cc3)n2)C(=O)N1C.CCN(CC)Cc1ccc(CCc2nc(CN3CC(=O)CC3=O)nc(NCc3ccc(OC)cc3)n2)cc1. The highest BCUT2D eigenvalue weighted by Crippen LogP contribution is 2.32. The van der Waals surface area contributed by atoms with Crippen molar-refractivity contribution in [2.75, 3.05) is 69.2 Å². The molecule has 0 saturated carbocycles. The third-order valence-electron chi connectivity index (χ3n) is 23.3. The van der Waals surface area contributed by atoms with Crippen LogP contribution in [0.15, 0.2) is 231 Å². The van der Waals surface area contributed by atoms with Crippen LogP contribution in [0.1, 0.15) is 147 Å². The summed E-state index contributed by atoms with van der Waals surface area (Å²) >= 11 is 0. The number of hydrogen-bond donors (Lipinski definition) is 5. The summed E-state index contributed by atoms with van der Waals surface area (Å²) in [5.74, 6) is 7.13. The highest BCUT2D eigenvalue weighted by Gasteiger charge is 2.36. The van der Waals surface area contributed by atoms with Gasteiger partial charge < -0.3 is 50.7 Å². The highest BCUT2D eigenvalue weighted by atomic mass is 16.5. The molecule has 0 spiro atoms. The van der Waals surface area contributed by atoms with E-state index in [4.69, 9.17) is 14.7 Å². The van der Waals surface area contributed by atoms with Gasteiger partial charge in [0, 0.05) is 113 Å². The number of phenolic OH excluding ortho intramolecular Hbond substituents is 1. The molecule has 5 N–H and O–H groups in total. The van der Waals surface area contributed by atoms with E-state index in [0.29, 0.717) is 141 Å². The number of nitrogens with one attached hydrogen (secondary N) is 4. The molecule has 16 rings (SSSR count). The number of amides is 4. The van der Waals surface area contributed by atoms with Gasteiger partial charge in [-0.2, -0.15) is 39.9 Å². The van der Waals surface area contributed by atoms with Gasteiger partial charge in [0.05, 0.1) is 44.4 Å². The average molecular weight is 1760 g/mol. The van der Waals surface area contributed by atoms with Gasteiger partial charge >= 0.3 is 0 Å². The molecule has 3 atom stereocenters. The number of carbonyl (C=O) groups excluding carboxylic acids is 5. The molecule has 4 aromatic heterocycles. The molecule has 3 unspecified atom stereocenters. The van der Waals surface area contributed by atoms with Crippen LogP contribution in [0.3, 0.4) is 0 Å². The summed E-state index contributed by atoms with van der Waals surface area (Å²) in [6.07, 6.45) is 6.29. The Hall–Kier alpha value is -14.7. The number of likely N-dealkylation sites (tertiary alicyclic amines) is 4. The first kappa shape index (κ1) is 94.0. The number of aryl methyl sites for hydroxylation is 7. The first-order chi connectivity index (χ1) is 63.1. The molecule has 0 aliphatic carbocycles. The van der Waals surface area contributed by atoms with Crippen LogP contribution in [0, 0.1) is 52.4 Å². The van der Waals surface area contributed by atoms with E-state index in [-0.39, 0.29) is 72.4 Å². The lowest BCUT2D eigenvalue weighted by atomic mass is 10.0. The number of hydrogen-bond acceptors (Lipinski definition) is 24. The summed E-state index contributed by atoms with van der Waals surface area (Å²) < 4.78 is 5.23. The van der Waals surface area contributed by atoms with Gasteiger partial charge in [-0.05, 0) is 167 Å². The van der Waals surface area contributed by atoms with E-state index in [2.05, 4.69) is 196 Å². The zero-order valence-electron chi connectivity index (χ0n) is 76.6. The molecule has 28 nitrogen and oxygen atoms in total. The van der Waals surface area contributed by atoms with Gasteiger partial charge in [-0.1, -0.05) is 195 Å². The van der Waals surface area contributed by atoms with Crippen LogP contribution < -0.4 is 26.0 Å². The maximum Gasteiger partial charge on any atom is 0.230 e. The van der Waals surface area contributed by atoms with Gasteiger partial charge in [0.2, 0.25) is 47.4 Å². The topological polar surface area (TPSA) is 334 Å². The van der Waals surface area contributed by atoms with E-state index < -0.39 is 0 Å². The largest absolute Gasteiger partial charge is 0.508 e. The predicted octanol–water partition coefficient (Wildman–Crippen LogP) is 15.9. The second kappa shape index (κ2) is 44.4. The molecule has 4 fully saturated rings. The third-order valence-corrected chi connectivity index (χ3v) is 23.3. The monoisotopic (exact) mass is 1760 g/mol. The highest BCUT2D eigenvalue weighted by molar-refractivity contribution is 6.05. The zero-order valence-corrected chi connectivity index (χ0v) is 76.6. The Morgan fingerprint density at radius 2 is 0.718 bits per heavy atom. The van der Waals surface area contributed by atoms with Crippen molar-refractivity contribution < 1.29 is 33.8 Å².